The molecule has 1 heterocycles. The Balaban J connectivity index is 2.01. The summed E-state index contributed by atoms with van der Waals surface area (Å²) in [5.41, 5.74) is 1.15. The molecule has 0 aliphatic heterocycles. The van der Waals surface area contributed by atoms with Crippen molar-refractivity contribution in [1.29, 1.82) is 0 Å². The summed E-state index contributed by atoms with van der Waals surface area (Å²) >= 11 is 0. The number of hydrogen-bond donors (Lipinski definition) is 1. The van der Waals surface area contributed by atoms with Crippen LogP contribution in [0.1, 0.15) is 38.1 Å². The molecule has 1 atom stereocenters. The van der Waals surface area contributed by atoms with Crippen LogP contribution in [0.15, 0.2) is 41.0 Å². The van der Waals surface area contributed by atoms with Crippen LogP contribution >= 0.6 is 0 Å². The lowest BCUT2D eigenvalue weighted by atomic mass is 10.1. The normalized spacial score (nSPS) is 12.4. The molecule has 0 aliphatic carbocycles. The first-order valence-corrected chi connectivity index (χ1v) is 7.66. The van der Waals surface area contributed by atoms with Gasteiger partial charge in [0.25, 0.3) is 0 Å². The first-order valence-electron chi connectivity index (χ1n) is 7.66. The van der Waals surface area contributed by atoms with Crippen molar-refractivity contribution < 1.29 is 13.9 Å². The SMILES string of the molecule is COc1cc(C(C)NCc2ccco2)ccc1OCC(C)C. The summed E-state index contributed by atoms with van der Waals surface area (Å²) in [7, 11) is 1.67. The Hall–Kier alpha value is -1.94. The molecule has 1 N–H and O–H groups in total. The first kappa shape index (κ1) is 16.4. The summed E-state index contributed by atoms with van der Waals surface area (Å²) in [4.78, 5) is 0. The number of benzene rings is 1. The van der Waals surface area contributed by atoms with E-state index in [4.69, 9.17) is 13.9 Å². The minimum absolute atomic E-state index is 0.193. The molecule has 22 heavy (non-hydrogen) atoms. The van der Waals surface area contributed by atoms with Crippen LogP contribution in [-0.4, -0.2) is 13.7 Å². The van der Waals surface area contributed by atoms with Crippen LogP contribution in [0.5, 0.6) is 11.5 Å². The highest BCUT2D eigenvalue weighted by Gasteiger charge is 2.11. The standard InChI is InChI=1S/C18H25NO3/c1-13(2)12-22-17-8-7-15(10-18(17)20-4)14(3)19-11-16-6-5-9-21-16/h5-10,13-14,19H,11-12H2,1-4H3. The van der Waals surface area contributed by atoms with Gasteiger partial charge in [0.05, 0.1) is 26.5 Å². The van der Waals surface area contributed by atoms with Crippen molar-refractivity contribution >= 4 is 0 Å². The van der Waals surface area contributed by atoms with Crippen molar-refractivity contribution in [2.45, 2.75) is 33.4 Å². The molecule has 4 heteroatoms. The smallest absolute Gasteiger partial charge is 0.161 e. The van der Waals surface area contributed by atoms with Gasteiger partial charge in [-0.3, -0.25) is 0 Å². The van der Waals surface area contributed by atoms with Crippen molar-refractivity contribution in [3.63, 3.8) is 0 Å². The number of hydrogen-bond acceptors (Lipinski definition) is 4. The monoisotopic (exact) mass is 303 g/mol. The van der Waals surface area contributed by atoms with Gasteiger partial charge in [-0.15, -0.1) is 0 Å². The van der Waals surface area contributed by atoms with Crippen molar-refractivity contribution in [1.82, 2.24) is 5.32 Å². The second-order valence-corrected chi connectivity index (χ2v) is 5.80. The maximum Gasteiger partial charge on any atom is 0.161 e. The van der Waals surface area contributed by atoms with E-state index in [0.29, 0.717) is 19.1 Å². The molecule has 4 nitrogen and oxygen atoms in total. The summed E-state index contributed by atoms with van der Waals surface area (Å²) in [6.45, 7) is 7.75. The molecular weight excluding hydrogens is 278 g/mol. The molecule has 2 rings (SSSR count). The largest absolute Gasteiger partial charge is 0.493 e. The Kier molecular flexibility index (Phi) is 5.90. The van der Waals surface area contributed by atoms with Gasteiger partial charge in [-0.2, -0.15) is 0 Å². The van der Waals surface area contributed by atoms with Crippen LogP contribution in [0.25, 0.3) is 0 Å². The second-order valence-electron chi connectivity index (χ2n) is 5.80. The number of methoxy groups -OCH3 is 1. The fraction of sp³-hybridized carbons (Fsp3) is 0.444. The fourth-order valence-corrected chi connectivity index (χ4v) is 2.11. The lowest BCUT2D eigenvalue weighted by Gasteiger charge is -2.17. The molecule has 0 radical (unpaired) electrons. The average Bonchev–Trinajstić information content (AvgIpc) is 3.03. The van der Waals surface area contributed by atoms with E-state index in [1.807, 2.05) is 24.3 Å². The van der Waals surface area contributed by atoms with Gasteiger partial charge in [-0.25, -0.2) is 0 Å². The zero-order chi connectivity index (χ0) is 15.9. The van der Waals surface area contributed by atoms with Crippen molar-refractivity contribution in [2.75, 3.05) is 13.7 Å². The van der Waals surface area contributed by atoms with Gasteiger partial charge in [-0.05, 0) is 42.7 Å². The van der Waals surface area contributed by atoms with E-state index in [2.05, 4.69) is 32.2 Å². The van der Waals surface area contributed by atoms with Crippen molar-refractivity contribution in [2.24, 2.45) is 5.92 Å². The van der Waals surface area contributed by atoms with Crippen molar-refractivity contribution in [3.05, 3.63) is 47.9 Å². The molecule has 1 aromatic heterocycles. The zero-order valence-corrected chi connectivity index (χ0v) is 13.8. The summed E-state index contributed by atoms with van der Waals surface area (Å²) in [5, 5.41) is 3.43. The van der Waals surface area contributed by atoms with Gasteiger partial charge in [0.1, 0.15) is 5.76 Å². The zero-order valence-electron chi connectivity index (χ0n) is 13.8. The van der Waals surface area contributed by atoms with E-state index >= 15 is 0 Å². The van der Waals surface area contributed by atoms with Gasteiger partial charge >= 0.3 is 0 Å². The molecule has 0 saturated carbocycles. The highest BCUT2D eigenvalue weighted by molar-refractivity contribution is 5.43. The molecule has 2 aromatic rings. The summed E-state index contributed by atoms with van der Waals surface area (Å²) in [6, 6.07) is 10.1. The third-order valence-electron chi connectivity index (χ3n) is 3.42. The molecule has 0 fully saturated rings. The third kappa shape index (κ3) is 4.53. The highest BCUT2D eigenvalue weighted by Crippen LogP contribution is 2.30. The highest BCUT2D eigenvalue weighted by atomic mass is 16.5. The van der Waals surface area contributed by atoms with Crippen LogP contribution in [0.3, 0.4) is 0 Å². The van der Waals surface area contributed by atoms with E-state index in [-0.39, 0.29) is 6.04 Å². The van der Waals surface area contributed by atoms with Gasteiger partial charge in [0, 0.05) is 6.04 Å². The van der Waals surface area contributed by atoms with E-state index in [9.17, 15) is 0 Å². The second kappa shape index (κ2) is 7.90. The van der Waals surface area contributed by atoms with Gasteiger partial charge in [0.2, 0.25) is 0 Å². The topological polar surface area (TPSA) is 43.6 Å². The molecule has 120 valence electrons. The van der Waals surface area contributed by atoms with E-state index in [0.717, 1.165) is 22.8 Å². The molecule has 0 spiro atoms. The molecular formula is C18H25NO3. The Labute approximate surface area is 132 Å². The van der Waals surface area contributed by atoms with Crippen LogP contribution < -0.4 is 14.8 Å². The Morgan fingerprint density at radius 1 is 1.14 bits per heavy atom. The molecule has 0 aliphatic rings. The fourth-order valence-electron chi connectivity index (χ4n) is 2.11. The van der Waals surface area contributed by atoms with Crippen LogP contribution in [0.4, 0.5) is 0 Å². The Morgan fingerprint density at radius 2 is 1.95 bits per heavy atom. The third-order valence-corrected chi connectivity index (χ3v) is 3.42. The number of ether oxygens (including phenoxy) is 2. The van der Waals surface area contributed by atoms with Gasteiger partial charge < -0.3 is 19.2 Å². The Morgan fingerprint density at radius 3 is 2.59 bits per heavy atom. The van der Waals surface area contributed by atoms with Crippen LogP contribution in [-0.2, 0) is 6.54 Å². The molecule has 1 aromatic carbocycles. The van der Waals surface area contributed by atoms with E-state index in [1.54, 1.807) is 13.4 Å². The number of rotatable bonds is 8. The van der Waals surface area contributed by atoms with Crippen molar-refractivity contribution in [3.8, 4) is 11.5 Å². The lowest BCUT2D eigenvalue weighted by molar-refractivity contribution is 0.256. The quantitative estimate of drug-likeness (QED) is 0.794. The predicted octanol–water partition coefficient (Wildman–Crippen LogP) is 4.17. The van der Waals surface area contributed by atoms with Gasteiger partial charge in [0.15, 0.2) is 11.5 Å². The molecule has 0 saturated heterocycles. The Bertz CT molecular complexity index is 564. The molecule has 0 bridgehead atoms. The first-order chi connectivity index (χ1) is 10.6. The number of nitrogens with one attached hydrogen (secondary N) is 1. The maximum absolute atomic E-state index is 5.78. The van der Waals surface area contributed by atoms with Crippen LogP contribution in [0, 0.1) is 5.92 Å². The van der Waals surface area contributed by atoms with Gasteiger partial charge in [-0.1, -0.05) is 19.9 Å². The number of furan rings is 1. The molecule has 1 unspecified atom stereocenters. The maximum atomic E-state index is 5.78. The summed E-state index contributed by atoms with van der Waals surface area (Å²) in [5.74, 6) is 2.97. The minimum atomic E-state index is 0.193. The predicted molar refractivity (Wildman–Crippen MR) is 87.3 cm³/mol. The van der Waals surface area contributed by atoms with E-state index < -0.39 is 0 Å². The lowest BCUT2D eigenvalue weighted by Crippen LogP contribution is -2.17. The minimum Gasteiger partial charge on any atom is -0.493 e. The summed E-state index contributed by atoms with van der Waals surface area (Å²) in [6.07, 6.45) is 1.69. The average molecular weight is 303 g/mol. The summed E-state index contributed by atoms with van der Waals surface area (Å²) < 4.78 is 16.6. The van der Waals surface area contributed by atoms with E-state index in [1.165, 1.54) is 0 Å². The molecule has 0 amide bonds. The van der Waals surface area contributed by atoms with Crippen LogP contribution in [0.2, 0.25) is 0 Å².